The summed E-state index contributed by atoms with van der Waals surface area (Å²) in [5, 5.41) is 25.1. The second-order valence-corrected chi connectivity index (χ2v) is 1.98. The summed E-state index contributed by atoms with van der Waals surface area (Å²) in [6.45, 7) is -1.26. The maximum atomic E-state index is 10.7. The first-order valence-corrected chi connectivity index (χ1v) is 3.25. The fourth-order valence-corrected chi connectivity index (χ4v) is 0.621. The highest BCUT2D eigenvalue weighted by Crippen LogP contribution is 2.03. The molecule has 0 saturated carbocycles. The zero-order valence-corrected chi connectivity index (χ0v) is 6.06. The highest BCUT2D eigenvalue weighted by atomic mass is 16.6. The number of carbonyl (C=O) groups excluding carboxylic acids is 1. The predicted molar refractivity (Wildman–Crippen MR) is 35.5 cm³/mol. The van der Waals surface area contributed by atoms with Crippen LogP contribution in [0.15, 0.2) is 0 Å². The first-order valence-electron chi connectivity index (χ1n) is 3.25. The van der Waals surface area contributed by atoms with Gasteiger partial charge < -0.3 is 20.1 Å². The molecule has 0 aliphatic heterocycles. The van der Waals surface area contributed by atoms with Gasteiger partial charge in [0.1, 0.15) is 0 Å². The molecular formula is C6H12O5. The van der Waals surface area contributed by atoms with Crippen molar-refractivity contribution in [3.05, 3.63) is 0 Å². The molecule has 0 amide bonds. The Kier molecular flexibility index (Phi) is 5.73. The van der Waals surface area contributed by atoms with Gasteiger partial charge in [-0.25, -0.2) is 0 Å². The van der Waals surface area contributed by atoms with Crippen LogP contribution in [0, 0.1) is 5.92 Å². The Hall–Kier alpha value is -0.650. The third-order valence-electron chi connectivity index (χ3n) is 1.24. The maximum Gasteiger partial charge on any atom is 0.313 e. The molecule has 1 atom stereocenters. The average molecular weight is 164 g/mol. The number of aliphatic hydroxyl groups excluding tert-OH is 3. The zero-order valence-electron chi connectivity index (χ0n) is 6.06. The smallest absolute Gasteiger partial charge is 0.313 e. The van der Waals surface area contributed by atoms with Crippen LogP contribution in [0.1, 0.15) is 6.42 Å². The van der Waals surface area contributed by atoms with Gasteiger partial charge in [0.25, 0.3) is 0 Å². The topological polar surface area (TPSA) is 87.0 Å². The van der Waals surface area contributed by atoms with Gasteiger partial charge in [-0.2, -0.15) is 0 Å². The molecule has 0 rings (SSSR count). The predicted octanol–water partition coefficient (Wildman–Crippen LogP) is -1.53. The average Bonchev–Trinajstić information content (AvgIpc) is 2.00. The van der Waals surface area contributed by atoms with Crippen LogP contribution in [-0.2, 0) is 9.53 Å². The van der Waals surface area contributed by atoms with Crippen molar-refractivity contribution >= 4 is 5.97 Å². The lowest BCUT2D eigenvalue weighted by molar-refractivity contribution is -0.158. The summed E-state index contributed by atoms with van der Waals surface area (Å²) in [6, 6.07) is 0. The molecule has 0 aromatic heterocycles. The Balaban J connectivity index is 3.71. The molecule has 0 fully saturated rings. The summed E-state index contributed by atoms with van der Waals surface area (Å²) in [6.07, 6.45) is 0.148. The highest BCUT2D eigenvalue weighted by molar-refractivity contribution is 5.72. The fourth-order valence-electron chi connectivity index (χ4n) is 0.621. The van der Waals surface area contributed by atoms with Crippen LogP contribution in [0.3, 0.4) is 0 Å². The molecule has 0 aliphatic carbocycles. The lowest BCUT2D eigenvalue weighted by Gasteiger charge is -2.09. The molecule has 5 heteroatoms. The van der Waals surface area contributed by atoms with E-state index in [4.69, 9.17) is 15.3 Å². The van der Waals surface area contributed by atoms with Crippen molar-refractivity contribution in [3.63, 3.8) is 0 Å². The molecule has 0 saturated heterocycles. The first-order chi connectivity index (χ1) is 5.26. The third kappa shape index (κ3) is 3.92. The SMILES string of the molecule is O=C(OCO)C(CO)CCO. The van der Waals surface area contributed by atoms with E-state index in [9.17, 15) is 4.79 Å². The summed E-state index contributed by atoms with van der Waals surface area (Å²) in [4.78, 5) is 10.7. The molecule has 1 unspecified atom stereocenters. The van der Waals surface area contributed by atoms with Gasteiger partial charge in [-0.15, -0.1) is 0 Å². The van der Waals surface area contributed by atoms with Crippen LogP contribution in [-0.4, -0.2) is 41.3 Å². The van der Waals surface area contributed by atoms with E-state index < -0.39 is 18.7 Å². The molecule has 0 spiro atoms. The van der Waals surface area contributed by atoms with Gasteiger partial charge in [0.2, 0.25) is 0 Å². The number of rotatable bonds is 5. The van der Waals surface area contributed by atoms with E-state index in [-0.39, 0.29) is 19.6 Å². The molecule has 0 bridgehead atoms. The van der Waals surface area contributed by atoms with Crippen LogP contribution in [0.2, 0.25) is 0 Å². The maximum absolute atomic E-state index is 10.7. The van der Waals surface area contributed by atoms with Crippen molar-refractivity contribution < 1.29 is 24.9 Å². The van der Waals surface area contributed by atoms with Gasteiger partial charge in [0.05, 0.1) is 12.5 Å². The Morgan fingerprint density at radius 3 is 2.36 bits per heavy atom. The number of esters is 1. The van der Waals surface area contributed by atoms with Gasteiger partial charge in [0, 0.05) is 6.61 Å². The quantitative estimate of drug-likeness (QED) is 0.339. The second-order valence-electron chi connectivity index (χ2n) is 1.98. The minimum atomic E-state index is -0.729. The van der Waals surface area contributed by atoms with E-state index in [1.165, 1.54) is 0 Å². The molecule has 0 aromatic rings. The Morgan fingerprint density at radius 2 is 2.00 bits per heavy atom. The second kappa shape index (κ2) is 6.09. The van der Waals surface area contributed by atoms with E-state index in [2.05, 4.69) is 4.74 Å². The molecule has 0 aliphatic rings. The van der Waals surface area contributed by atoms with E-state index in [1.807, 2.05) is 0 Å². The lowest BCUT2D eigenvalue weighted by atomic mass is 10.1. The zero-order chi connectivity index (χ0) is 8.69. The van der Waals surface area contributed by atoms with Gasteiger partial charge in [0.15, 0.2) is 6.79 Å². The molecule has 0 heterocycles. The van der Waals surface area contributed by atoms with Crippen molar-refractivity contribution in [1.82, 2.24) is 0 Å². The van der Waals surface area contributed by atoms with Crippen LogP contribution < -0.4 is 0 Å². The minimum absolute atomic E-state index is 0.148. The van der Waals surface area contributed by atoms with Gasteiger partial charge in [-0.1, -0.05) is 0 Å². The van der Waals surface area contributed by atoms with Crippen molar-refractivity contribution in [1.29, 1.82) is 0 Å². The lowest BCUT2D eigenvalue weighted by Crippen LogP contribution is -2.22. The molecule has 0 aromatic carbocycles. The van der Waals surface area contributed by atoms with Crippen LogP contribution in [0.5, 0.6) is 0 Å². The Morgan fingerprint density at radius 1 is 1.36 bits per heavy atom. The molecule has 66 valence electrons. The summed E-state index contributed by atoms with van der Waals surface area (Å²) in [7, 11) is 0. The largest absolute Gasteiger partial charge is 0.438 e. The van der Waals surface area contributed by atoms with E-state index in [0.29, 0.717) is 0 Å². The number of aliphatic hydroxyl groups is 3. The van der Waals surface area contributed by atoms with Crippen molar-refractivity contribution in [2.24, 2.45) is 5.92 Å². The number of ether oxygens (including phenoxy) is 1. The summed E-state index contributed by atoms with van der Waals surface area (Å²) in [5.41, 5.74) is 0. The van der Waals surface area contributed by atoms with Gasteiger partial charge >= 0.3 is 5.97 Å². The normalized spacial score (nSPS) is 12.6. The molecule has 11 heavy (non-hydrogen) atoms. The Labute approximate surface area is 64.2 Å². The van der Waals surface area contributed by atoms with Crippen LogP contribution >= 0.6 is 0 Å². The summed E-state index contributed by atoms with van der Waals surface area (Å²) < 4.78 is 4.19. The molecular weight excluding hydrogens is 152 g/mol. The highest BCUT2D eigenvalue weighted by Gasteiger charge is 2.17. The number of hydrogen-bond acceptors (Lipinski definition) is 5. The van der Waals surface area contributed by atoms with Crippen LogP contribution in [0.25, 0.3) is 0 Å². The molecule has 5 nitrogen and oxygen atoms in total. The van der Waals surface area contributed by atoms with Crippen molar-refractivity contribution in [2.75, 3.05) is 20.0 Å². The monoisotopic (exact) mass is 164 g/mol. The fraction of sp³-hybridized carbons (Fsp3) is 0.833. The van der Waals surface area contributed by atoms with Gasteiger partial charge in [-0.05, 0) is 6.42 Å². The number of carbonyl (C=O) groups is 1. The molecule has 3 N–H and O–H groups in total. The minimum Gasteiger partial charge on any atom is -0.438 e. The third-order valence-corrected chi connectivity index (χ3v) is 1.24. The van der Waals surface area contributed by atoms with Crippen molar-refractivity contribution in [2.45, 2.75) is 6.42 Å². The van der Waals surface area contributed by atoms with Gasteiger partial charge in [-0.3, -0.25) is 4.79 Å². The van der Waals surface area contributed by atoms with E-state index in [0.717, 1.165) is 0 Å². The van der Waals surface area contributed by atoms with E-state index >= 15 is 0 Å². The summed E-state index contributed by atoms with van der Waals surface area (Å²) in [5.74, 6) is -1.42. The van der Waals surface area contributed by atoms with E-state index in [1.54, 1.807) is 0 Å². The van der Waals surface area contributed by atoms with Crippen LogP contribution in [0.4, 0.5) is 0 Å². The molecule has 0 radical (unpaired) electrons. The first kappa shape index (κ1) is 10.3. The Bertz CT molecular complexity index is 114. The summed E-state index contributed by atoms with van der Waals surface area (Å²) >= 11 is 0. The number of hydrogen-bond donors (Lipinski definition) is 3. The standard InChI is InChI=1S/C6H12O5/c7-2-1-5(3-8)6(10)11-4-9/h5,7-9H,1-4H2. The van der Waals surface area contributed by atoms with Crippen molar-refractivity contribution in [3.8, 4) is 0 Å².